The SMILES string of the molecule is CC(C)(C)OC(=O)c1cc(Cl)c(OC2CC3CCC4CC2CC3(F)C4)cc1F. The zero-order valence-electron chi connectivity index (χ0n) is 16.6. The maximum absolute atomic E-state index is 15.2. The number of hydrogen-bond donors (Lipinski definition) is 0. The molecule has 154 valence electrons. The standard InChI is InChI=1S/C22H27ClF2O3/c1-21(2,3)28-20(26)15-8-16(23)19(9-17(15)24)27-18-7-14-5-4-12-6-13(18)11-22(14,25)10-12/h8-9,12-14,18H,4-7,10-11H2,1-3H3. The van der Waals surface area contributed by atoms with Gasteiger partial charge in [0, 0.05) is 6.07 Å². The first-order chi connectivity index (χ1) is 13.0. The number of esters is 1. The van der Waals surface area contributed by atoms with E-state index in [9.17, 15) is 9.18 Å². The van der Waals surface area contributed by atoms with Crippen LogP contribution in [0.15, 0.2) is 12.1 Å². The smallest absolute Gasteiger partial charge is 0.341 e. The van der Waals surface area contributed by atoms with Crippen molar-refractivity contribution in [3.8, 4) is 5.75 Å². The molecule has 5 atom stereocenters. The van der Waals surface area contributed by atoms with Gasteiger partial charge < -0.3 is 9.47 Å². The van der Waals surface area contributed by atoms with Gasteiger partial charge in [-0.1, -0.05) is 11.6 Å². The minimum absolute atomic E-state index is 0.00922. The van der Waals surface area contributed by atoms with Crippen molar-refractivity contribution in [2.45, 2.75) is 76.7 Å². The number of halogens is 3. The van der Waals surface area contributed by atoms with Crippen molar-refractivity contribution in [1.29, 1.82) is 0 Å². The average molecular weight is 413 g/mol. The Kier molecular flexibility index (Phi) is 4.88. The van der Waals surface area contributed by atoms with Gasteiger partial charge in [0.1, 0.15) is 28.9 Å². The lowest BCUT2D eigenvalue weighted by Crippen LogP contribution is -2.54. The quantitative estimate of drug-likeness (QED) is 0.561. The van der Waals surface area contributed by atoms with Gasteiger partial charge in [-0.15, -0.1) is 0 Å². The Morgan fingerprint density at radius 1 is 1.21 bits per heavy atom. The number of hydrogen-bond acceptors (Lipinski definition) is 3. The van der Waals surface area contributed by atoms with Crippen LogP contribution < -0.4 is 4.74 Å². The van der Waals surface area contributed by atoms with E-state index in [4.69, 9.17) is 21.1 Å². The normalized spacial score (nSPS) is 34.2. The molecule has 3 nitrogen and oxygen atoms in total. The van der Waals surface area contributed by atoms with Crippen molar-refractivity contribution >= 4 is 17.6 Å². The maximum atomic E-state index is 15.2. The average Bonchev–Trinajstić information content (AvgIpc) is 2.55. The number of carbonyl (C=O) groups excluding carboxylic acids is 1. The van der Waals surface area contributed by atoms with Gasteiger partial charge in [0.05, 0.1) is 10.6 Å². The predicted molar refractivity (Wildman–Crippen MR) is 103 cm³/mol. The summed E-state index contributed by atoms with van der Waals surface area (Å²) in [7, 11) is 0. The molecular formula is C22H27ClF2O3. The summed E-state index contributed by atoms with van der Waals surface area (Å²) in [5, 5.41) is 0.167. The second kappa shape index (κ2) is 6.86. The zero-order valence-corrected chi connectivity index (χ0v) is 17.3. The Balaban J connectivity index is 1.53. The summed E-state index contributed by atoms with van der Waals surface area (Å²) < 4.78 is 41.1. The minimum atomic E-state index is -1.05. The fraction of sp³-hybridized carbons (Fsp3) is 0.682. The lowest BCUT2D eigenvalue weighted by molar-refractivity contribution is -0.121. The van der Waals surface area contributed by atoms with Crippen LogP contribution in [0.25, 0.3) is 0 Å². The Bertz CT molecular complexity index is 791. The third kappa shape index (κ3) is 3.74. The van der Waals surface area contributed by atoms with Crippen LogP contribution in [0.3, 0.4) is 0 Å². The molecule has 1 aromatic carbocycles. The van der Waals surface area contributed by atoms with E-state index in [-0.39, 0.29) is 34.3 Å². The van der Waals surface area contributed by atoms with Crippen LogP contribution in [0.4, 0.5) is 8.78 Å². The highest BCUT2D eigenvalue weighted by molar-refractivity contribution is 6.32. The molecule has 0 heterocycles. The summed E-state index contributed by atoms with van der Waals surface area (Å²) in [4.78, 5) is 12.2. The molecule has 0 aliphatic heterocycles. The molecule has 3 saturated carbocycles. The van der Waals surface area contributed by atoms with Crippen LogP contribution in [0.1, 0.15) is 69.7 Å². The Morgan fingerprint density at radius 2 is 1.96 bits per heavy atom. The molecule has 6 heteroatoms. The molecule has 28 heavy (non-hydrogen) atoms. The molecular weight excluding hydrogens is 386 g/mol. The molecule has 0 aromatic heterocycles. The number of benzene rings is 1. The number of alkyl halides is 1. The Hall–Kier alpha value is -1.36. The van der Waals surface area contributed by atoms with Crippen molar-refractivity contribution in [3.63, 3.8) is 0 Å². The lowest BCUT2D eigenvalue weighted by Gasteiger charge is -2.54. The van der Waals surface area contributed by atoms with Gasteiger partial charge in [0.15, 0.2) is 0 Å². The van der Waals surface area contributed by atoms with Crippen LogP contribution in [-0.2, 0) is 4.74 Å². The first-order valence-electron chi connectivity index (χ1n) is 10.1. The Labute approximate surface area is 169 Å². The van der Waals surface area contributed by atoms with E-state index in [1.165, 1.54) is 6.07 Å². The van der Waals surface area contributed by atoms with E-state index in [0.717, 1.165) is 25.3 Å². The number of ether oxygens (including phenoxy) is 2. The predicted octanol–water partition coefficient (Wildman–Crippen LogP) is 6.12. The molecule has 3 bridgehead atoms. The van der Waals surface area contributed by atoms with Crippen molar-refractivity contribution in [2.24, 2.45) is 17.8 Å². The molecule has 3 aliphatic carbocycles. The van der Waals surface area contributed by atoms with Crippen molar-refractivity contribution < 1.29 is 23.0 Å². The molecule has 0 radical (unpaired) electrons. The second-order valence-electron chi connectivity index (χ2n) is 9.74. The van der Waals surface area contributed by atoms with Crippen LogP contribution >= 0.6 is 11.6 Å². The van der Waals surface area contributed by atoms with Gasteiger partial charge in [0.2, 0.25) is 0 Å². The summed E-state index contributed by atoms with van der Waals surface area (Å²) in [5.41, 5.74) is -2.00. The fourth-order valence-corrected chi connectivity index (χ4v) is 5.55. The lowest BCUT2D eigenvalue weighted by atomic mass is 9.55. The van der Waals surface area contributed by atoms with E-state index >= 15 is 4.39 Å². The van der Waals surface area contributed by atoms with E-state index < -0.39 is 23.1 Å². The van der Waals surface area contributed by atoms with Gasteiger partial charge >= 0.3 is 5.97 Å². The van der Waals surface area contributed by atoms with Gasteiger partial charge in [0.25, 0.3) is 0 Å². The first-order valence-corrected chi connectivity index (χ1v) is 10.5. The largest absolute Gasteiger partial charge is 0.488 e. The zero-order chi connectivity index (χ0) is 20.3. The summed E-state index contributed by atoms with van der Waals surface area (Å²) in [6.07, 6.45) is 4.63. The topological polar surface area (TPSA) is 35.5 Å². The van der Waals surface area contributed by atoms with Gasteiger partial charge in [-0.05, 0) is 83.1 Å². The van der Waals surface area contributed by atoms with Crippen molar-refractivity contribution in [3.05, 3.63) is 28.5 Å². The number of rotatable bonds is 3. The molecule has 4 rings (SSSR count). The van der Waals surface area contributed by atoms with Gasteiger partial charge in [-0.3, -0.25) is 0 Å². The van der Waals surface area contributed by atoms with Crippen LogP contribution in [0.5, 0.6) is 5.75 Å². The second-order valence-corrected chi connectivity index (χ2v) is 10.1. The molecule has 5 unspecified atom stereocenters. The highest BCUT2D eigenvalue weighted by Crippen LogP contribution is 2.57. The minimum Gasteiger partial charge on any atom is -0.488 e. The van der Waals surface area contributed by atoms with Crippen LogP contribution in [-0.4, -0.2) is 23.3 Å². The van der Waals surface area contributed by atoms with E-state index in [0.29, 0.717) is 25.2 Å². The molecule has 0 spiro atoms. The van der Waals surface area contributed by atoms with Crippen molar-refractivity contribution in [2.75, 3.05) is 0 Å². The highest BCUT2D eigenvalue weighted by Gasteiger charge is 2.55. The highest BCUT2D eigenvalue weighted by atomic mass is 35.5. The summed E-state index contributed by atoms with van der Waals surface area (Å²) in [5.74, 6) is -0.713. The molecule has 0 saturated heterocycles. The van der Waals surface area contributed by atoms with E-state index in [2.05, 4.69) is 0 Å². The summed E-state index contributed by atoms with van der Waals surface area (Å²) >= 11 is 6.30. The maximum Gasteiger partial charge on any atom is 0.341 e. The van der Waals surface area contributed by atoms with E-state index in [1.807, 2.05) is 0 Å². The van der Waals surface area contributed by atoms with Gasteiger partial charge in [-0.2, -0.15) is 0 Å². The summed E-state index contributed by atoms with van der Waals surface area (Å²) in [6.45, 7) is 5.15. The summed E-state index contributed by atoms with van der Waals surface area (Å²) in [6, 6.07) is 2.41. The monoisotopic (exact) mass is 412 g/mol. The molecule has 3 fully saturated rings. The van der Waals surface area contributed by atoms with E-state index in [1.54, 1.807) is 20.8 Å². The Morgan fingerprint density at radius 3 is 2.68 bits per heavy atom. The number of carbonyl (C=O) groups is 1. The third-order valence-corrected chi connectivity index (χ3v) is 6.78. The van der Waals surface area contributed by atoms with Crippen LogP contribution in [0.2, 0.25) is 5.02 Å². The fourth-order valence-electron chi connectivity index (χ4n) is 5.34. The van der Waals surface area contributed by atoms with Crippen molar-refractivity contribution in [1.82, 2.24) is 0 Å². The van der Waals surface area contributed by atoms with Crippen LogP contribution in [0, 0.1) is 23.6 Å². The van der Waals surface area contributed by atoms with Gasteiger partial charge in [-0.25, -0.2) is 13.6 Å². The molecule has 1 aromatic rings. The third-order valence-electron chi connectivity index (χ3n) is 6.48. The molecule has 3 aliphatic rings. The first kappa shape index (κ1) is 19.9. The molecule has 0 amide bonds. The number of fused-ring (bicyclic) bond motifs is 2. The molecule has 0 N–H and O–H groups in total.